The molecule has 0 aromatic heterocycles. The van der Waals surface area contributed by atoms with E-state index in [9.17, 15) is 0 Å². The summed E-state index contributed by atoms with van der Waals surface area (Å²) in [5, 5.41) is 0. The molecule has 1 nitrogen and oxygen atoms in total. The van der Waals surface area contributed by atoms with E-state index in [-0.39, 0.29) is 12.2 Å². The average Bonchev–Trinajstić information content (AvgIpc) is 3.35. The van der Waals surface area contributed by atoms with Gasteiger partial charge in [0.05, 0.1) is 0 Å². The maximum absolute atomic E-state index is 6.48. The summed E-state index contributed by atoms with van der Waals surface area (Å²) in [6.45, 7) is 0. The maximum atomic E-state index is 6.48. The van der Waals surface area contributed by atoms with Crippen LogP contribution >= 0.6 is 0 Å². The van der Waals surface area contributed by atoms with Gasteiger partial charge in [-0.1, -0.05) is 84.9 Å². The molecule has 3 aliphatic carbocycles. The minimum Gasteiger partial charge on any atom is -0.356 e. The van der Waals surface area contributed by atoms with Crippen molar-refractivity contribution in [2.75, 3.05) is 0 Å². The van der Waals surface area contributed by atoms with Crippen LogP contribution in [0.15, 0.2) is 84.9 Å². The molecule has 0 spiro atoms. The van der Waals surface area contributed by atoms with Crippen molar-refractivity contribution in [1.82, 2.24) is 0 Å². The molecule has 4 aromatic carbocycles. The first-order chi connectivity index (χ1) is 14.4. The van der Waals surface area contributed by atoms with E-state index in [1.54, 1.807) is 0 Å². The third-order valence-electron chi connectivity index (χ3n) is 7.54. The molecule has 136 valence electrons. The Bertz CT molecular complexity index is 1220. The van der Waals surface area contributed by atoms with Gasteiger partial charge in [-0.15, -0.1) is 0 Å². The lowest BCUT2D eigenvalue weighted by atomic mass is 9.60. The quantitative estimate of drug-likeness (QED) is 0.309. The molecular weight excluding hydrogens is 352 g/mol. The fourth-order valence-electron chi connectivity index (χ4n) is 6.45. The molecule has 9 rings (SSSR count). The number of benzene rings is 4. The molecule has 2 atom stereocenters. The molecule has 2 aliphatic heterocycles. The van der Waals surface area contributed by atoms with E-state index in [1.807, 2.05) is 0 Å². The van der Waals surface area contributed by atoms with E-state index in [4.69, 9.17) is 4.74 Å². The normalized spacial score (nSPS) is 25.8. The first-order valence-electron chi connectivity index (χ1n) is 10.5. The minimum absolute atomic E-state index is 0.0995. The zero-order valence-corrected chi connectivity index (χ0v) is 15.8. The van der Waals surface area contributed by atoms with Crippen molar-refractivity contribution in [2.24, 2.45) is 0 Å². The van der Waals surface area contributed by atoms with Crippen LogP contribution in [0.1, 0.15) is 79.7 Å². The largest absolute Gasteiger partial charge is 0.356 e. The minimum atomic E-state index is 0.0995. The standard InChI is InChI=1S/C28H18O/c1-2-8-16-15(7-1)25-17-9-3-4-10-18(17)26(16)22-14-24-23(13-21(22)25)27-19-11-5-6-12-20(19)28(24)29-27/h1-14,25-28H/t25?,26?,27-,28+. The van der Waals surface area contributed by atoms with Gasteiger partial charge in [0, 0.05) is 11.8 Å². The van der Waals surface area contributed by atoms with Crippen molar-refractivity contribution in [3.05, 3.63) is 141 Å². The Labute approximate surface area is 169 Å². The topological polar surface area (TPSA) is 9.23 Å². The maximum Gasteiger partial charge on any atom is 0.110 e. The summed E-state index contributed by atoms with van der Waals surface area (Å²) in [7, 11) is 0. The Morgan fingerprint density at radius 2 is 0.724 bits per heavy atom. The van der Waals surface area contributed by atoms with Gasteiger partial charge >= 0.3 is 0 Å². The zero-order valence-electron chi connectivity index (χ0n) is 15.8. The van der Waals surface area contributed by atoms with Crippen LogP contribution in [0.3, 0.4) is 0 Å². The van der Waals surface area contributed by atoms with E-state index in [2.05, 4.69) is 84.9 Å². The zero-order chi connectivity index (χ0) is 18.7. The number of fused-ring (bicyclic) bond motifs is 8. The molecule has 1 heteroatoms. The molecule has 2 heterocycles. The van der Waals surface area contributed by atoms with Gasteiger partial charge in [0.15, 0.2) is 0 Å². The number of hydrogen-bond acceptors (Lipinski definition) is 1. The van der Waals surface area contributed by atoms with E-state index in [1.165, 1.54) is 55.6 Å². The highest BCUT2D eigenvalue weighted by molar-refractivity contribution is 5.70. The molecule has 0 saturated carbocycles. The Hall–Kier alpha value is -3.16. The molecule has 0 unspecified atom stereocenters. The highest BCUT2D eigenvalue weighted by atomic mass is 16.5. The number of rotatable bonds is 0. The van der Waals surface area contributed by atoms with Gasteiger partial charge in [0.25, 0.3) is 0 Å². The third-order valence-corrected chi connectivity index (χ3v) is 7.54. The highest BCUT2D eigenvalue weighted by Gasteiger charge is 2.47. The second-order valence-electron chi connectivity index (χ2n) is 8.76. The molecule has 5 aliphatic rings. The molecule has 0 amide bonds. The summed E-state index contributed by atoms with van der Waals surface area (Å²) in [6.07, 6.45) is 0.199. The fraction of sp³-hybridized carbons (Fsp3) is 0.143. The first-order valence-corrected chi connectivity index (χ1v) is 10.5. The van der Waals surface area contributed by atoms with Crippen molar-refractivity contribution in [3.8, 4) is 0 Å². The van der Waals surface area contributed by atoms with E-state index in [0.29, 0.717) is 11.8 Å². The van der Waals surface area contributed by atoms with Crippen molar-refractivity contribution < 1.29 is 4.74 Å². The Morgan fingerprint density at radius 3 is 1.10 bits per heavy atom. The molecule has 0 fully saturated rings. The van der Waals surface area contributed by atoms with Gasteiger partial charge in [-0.2, -0.15) is 0 Å². The average molecular weight is 370 g/mol. The molecule has 0 radical (unpaired) electrons. The lowest BCUT2D eigenvalue weighted by Crippen LogP contribution is -2.28. The molecule has 4 aromatic rings. The van der Waals surface area contributed by atoms with Gasteiger partial charge in [-0.25, -0.2) is 0 Å². The lowest BCUT2D eigenvalue weighted by Gasteiger charge is -2.42. The number of ether oxygens (including phenoxy) is 1. The van der Waals surface area contributed by atoms with Crippen molar-refractivity contribution in [2.45, 2.75) is 24.0 Å². The molecule has 0 N–H and O–H groups in total. The Balaban J connectivity index is 1.42. The van der Waals surface area contributed by atoms with Crippen LogP contribution in [0.25, 0.3) is 0 Å². The molecular formula is C28H18O. The van der Waals surface area contributed by atoms with Crippen LogP contribution in [0, 0.1) is 0 Å². The van der Waals surface area contributed by atoms with Gasteiger partial charge in [0.1, 0.15) is 12.2 Å². The van der Waals surface area contributed by atoms with Gasteiger partial charge in [-0.3, -0.25) is 0 Å². The second kappa shape index (κ2) is 4.87. The predicted octanol–water partition coefficient (Wildman–Crippen LogP) is 6.20. The molecule has 0 saturated heterocycles. The van der Waals surface area contributed by atoms with Gasteiger partial charge in [0.2, 0.25) is 0 Å². The van der Waals surface area contributed by atoms with E-state index >= 15 is 0 Å². The second-order valence-corrected chi connectivity index (χ2v) is 8.76. The summed E-state index contributed by atoms with van der Waals surface area (Å²) in [4.78, 5) is 0. The van der Waals surface area contributed by atoms with Crippen molar-refractivity contribution in [3.63, 3.8) is 0 Å². The predicted molar refractivity (Wildman–Crippen MR) is 112 cm³/mol. The van der Waals surface area contributed by atoms with E-state index < -0.39 is 0 Å². The Kier molecular flexibility index (Phi) is 2.48. The first kappa shape index (κ1) is 14.8. The summed E-state index contributed by atoms with van der Waals surface area (Å²) in [5.41, 5.74) is 14.4. The summed E-state index contributed by atoms with van der Waals surface area (Å²) in [6, 6.07) is 31.8. The fourth-order valence-corrected chi connectivity index (χ4v) is 6.45. The number of hydrogen-bond donors (Lipinski definition) is 0. The van der Waals surface area contributed by atoms with E-state index in [0.717, 1.165) is 0 Å². The lowest BCUT2D eigenvalue weighted by molar-refractivity contribution is 0.0857. The van der Waals surface area contributed by atoms with Gasteiger partial charge in [-0.05, 0) is 55.6 Å². The van der Waals surface area contributed by atoms with Crippen LogP contribution in [0.4, 0.5) is 0 Å². The molecule has 29 heavy (non-hydrogen) atoms. The van der Waals surface area contributed by atoms with Crippen LogP contribution in [-0.4, -0.2) is 0 Å². The SMILES string of the molecule is c1ccc2c(c1)C1c3ccccc3C2c2cc3c(cc21)[C@@H]1O[C@H]3c2ccccc21. The van der Waals surface area contributed by atoms with Crippen LogP contribution in [0.2, 0.25) is 0 Å². The third kappa shape index (κ3) is 1.61. The van der Waals surface area contributed by atoms with Crippen molar-refractivity contribution in [1.29, 1.82) is 0 Å². The van der Waals surface area contributed by atoms with Crippen molar-refractivity contribution >= 4 is 0 Å². The monoisotopic (exact) mass is 370 g/mol. The summed E-state index contributed by atoms with van der Waals surface area (Å²) < 4.78 is 6.48. The van der Waals surface area contributed by atoms with Crippen LogP contribution in [0.5, 0.6) is 0 Å². The van der Waals surface area contributed by atoms with Crippen LogP contribution in [-0.2, 0) is 4.74 Å². The summed E-state index contributed by atoms with van der Waals surface area (Å²) >= 11 is 0. The Morgan fingerprint density at radius 1 is 0.379 bits per heavy atom. The smallest absolute Gasteiger partial charge is 0.110 e. The van der Waals surface area contributed by atoms with Gasteiger partial charge < -0.3 is 4.74 Å². The molecule has 4 bridgehead atoms. The highest BCUT2D eigenvalue weighted by Crippen LogP contribution is 2.60. The van der Waals surface area contributed by atoms with Crippen LogP contribution < -0.4 is 0 Å². The summed E-state index contributed by atoms with van der Waals surface area (Å²) in [5.74, 6) is 0.671.